The zero-order chi connectivity index (χ0) is 21.3. The van der Waals surface area contributed by atoms with Crippen molar-refractivity contribution < 1.29 is 4.79 Å². The molecule has 2 heterocycles. The van der Waals surface area contributed by atoms with E-state index >= 15 is 0 Å². The first kappa shape index (κ1) is 21.9. The fourth-order valence-corrected chi connectivity index (χ4v) is 3.61. The van der Waals surface area contributed by atoms with Gasteiger partial charge in [-0.05, 0) is 29.8 Å². The quantitative estimate of drug-likeness (QED) is 0.565. The molecule has 1 aromatic carbocycles. The van der Waals surface area contributed by atoms with Crippen LogP contribution in [0, 0.1) is 0 Å². The minimum atomic E-state index is 0.166. The van der Waals surface area contributed by atoms with Crippen molar-refractivity contribution in [3.05, 3.63) is 59.2 Å². The van der Waals surface area contributed by atoms with Crippen molar-refractivity contribution in [2.24, 2.45) is 4.99 Å². The monoisotopic (exact) mass is 428 g/mol. The lowest BCUT2D eigenvalue weighted by molar-refractivity contribution is -0.131. The van der Waals surface area contributed by atoms with Crippen molar-refractivity contribution in [3.8, 4) is 0 Å². The molecular formula is C22H29ClN6O. The maximum atomic E-state index is 12.6. The molecule has 0 atom stereocenters. The number of halogens is 1. The molecule has 1 saturated heterocycles. The van der Waals surface area contributed by atoms with Crippen molar-refractivity contribution in [2.45, 2.75) is 13.0 Å². The zero-order valence-electron chi connectivity index (χ0n) is 17.6. The summed E-state index contributed by atoms with van der Waals surface area (Å²) in [5.41, 5.74) is 1.15. The number of aromatic nitrogens is 1. The van der Waals surface area contributed by atoms with Gasteiger partial charge in [0.25, 0.3) is 0 Å². The van der Waals surface area contributed by atoms with Crippen LogP contribution in [0.3, 0.4) is 0 Å². The molecule has 30 heavy (non-hydrogen) atoms. The second-order valence-electron chi connectivity index (χ2n) is 7.26. The third kappa shape index (κ3) is 6.10. The van der Waals surface area contributed by atoms with E-state index < -0.39 is 0 Å². The summed E-state index contributed by atoms with van der Waals surface area (Å²) < 4.78 is 0. The second kappa shape index (κ2) is 10.8. The average molecular weight is 429 g/mol. The van der Waals surface area contributed by atoms with Crippen LogP contribution < -0.4 is 10.2 Å². The van der Waals surface area contributed by atoms with Crippen LogP contribution in [0.5, 0.6) is 0 Å². The molecule has 0 saturated carbocycles. The second-order valence-corrected chi connectivity index (χ2v) is 7.70. The van der Waals surface area contributed by atoms with Gasteiger partial charge in [-0.25, -0.2) is 4.98 Å². The molecule has 3 rings (SSSR count). The summed E-state index contributed by atoms with van der Waals surface area (Å²) in [6, 6.07) is 13.7. The van der Waals surface area contributed by atoms with Gasteiger partial charge in [0.2, 0.25) is 5.91 Å². The fourth-order valence-electron chi connectivity index (χ4n) is 3.49. The number of guanidine groups is 1. The number of hydrogen-bond donors (Lipinski definition) is 1. The number of carbonyl (C=O) groups excluding carboxylic acids is 1. The Balaban J connectivity index is 1.40. The van der Waals surface area contributed by atoms with Gasteiger partial charge < -0.3 is 20.0 Å². The molecule has 2 aromatic rings. The molecule has 0 aliphatic carbocycles. The number of nitrogens with zero attached hydrogens (tertiary/aromatic N) is 5. The van der Waals surface area contributed by atoms with Gasteiger partial charge in [0, 0.05) is 71.0 Å². The molecule has 8 heteroatoms. The van der Waals surface area contributed by atoms with E-state index in [1.807, 2.05) is 59.3 Å². The molecule has 0 radical (unpaired) electrons. The molecule has 0 unspecified atom stereocenters. The van der Waals surface area contributed by atoms with E-state index in [1.165, 1.54) is 0 Å². The van der Waals surface area contributed by atoms with Gasteiger partial charge in [-0.2, -0.15) is 0 Å². The summed E-state index contributed by atoms with van der Waals surface area (Å²) in [6.45, 7) is 4.32. The molecule has 1 aliphatic rings. The highest BCUT2D eigenvalue weighted by atomic mass is 35.5. The Morgan fingerprint density at radius 3 is 2.53 bits per heavy atom. The normalized spacial score (nSPS) is 14.6. The standard InChI is InChI=1S/C22H29ClN6O/c1-24-22(27(2)17-18-6-8-19(23)9-7-18)26-12-10-21(30)29-15-13-28(14-16-29)20-5-3-4-11-25-20/h3-9,11H,10,12-17H2,1-2H3,(H,24,26). The molecule has 160 valence electrons. The van der Waals surface area contributed by atoms with E-state index in [9.17, 15) is 4.79 Å². The van der Waals surface area contributed by atoms with Crippen molar-refractivity contribution >= 4 is 29.3 Å². The van der Waals surface area contributed by atoms with Gasteiger partial charge in [-0.3, -0.25) is 9.79 Å². The number of amides is 1. The van der Waals surface area contributed by atoms with Gasteiger partial charge in [0.15, 0.2) is 5.96 Å². The highest BCUT2D eigenvalue weighted by Crippen LogP contribution is 2.13. The number of carbonyl (C=O) groups is 1. The molecule has 0 bridgehead atoms. The number of rotatable bonds is 6. The molecule has 1 N–H and O–H groups in total. The first-order valence-electron chi connectivity index (χ1n) is 10.2. The van der Waals surface area contributed by atoms with E-state index in [0.717, 1.165) is 48.5 Å². The molecule has 7 nitrogen and oxygen atoms in total. The predicted octanol–water partition coefficient (Wildman–Crippen LogP) is 2.48. The average Bonchev–Trinajstić information content (AvgIpc) is 2.78. The Kier molecular flexibility index (Phi) is 7.90. The molecule has 0 spiro atoms. The summed E-state index contributed by atoms with van der Waals surface area (Å²) in [5, 5.41) is 4.01. The number of hydrogen-bond acceptors (Lipinski definition) is 4. The van der Waals surface area contributed by atoms with Gasteiger partial charge in [0.05, 0.1) is 0 Å². The molecular weight excluding hydrogens is 400 g/mol. The SMILES string of the molecule is CN=C(NCCC(=O)N1CCN(c2ccccn2)CC1)N(C)Cc1ccc(Cl)cc1. The van der Waals surface area contributed by atoms with Gasteiger partial charge in [-0.1, -0.05) is 29.8 Å². The van der Waals surface area contributed by atoms with Crippen LogP contribution in [-0.4, -0.2) is 73.5 Å². The molecule has 1 aromatic heterocycles. The summed E-state index contributed by atoms with van der Waals surface area (Å²) in [5.74, 6) is 1.90. The Morgan fingerprint density at radius 2 is 1.90 bits per heavy atom. The lowest BCUT2D eigenvalue weighted by atomic mass is 10.2. The maximum absolute atomic E-state index is 12.6. The summed E-state index contributed by atoms with van der Waals surface area (Å²) in [6.07, 6.45) is 2.24. The molecule has 1 fully saturated rings. The van der Waals surface area contributed by atoms with E-state index in [4.69, 9.17) is 11.6 Å². The number of anilines is 1. The van der Waals surface area contributed by atoms with Crippen molar-refractivity contribution in [1.29, 1.82) is 0 Å². The number of aliphatic imine (C=N–C) groups is 1. The Hall–Kier alpha value is -2.80. The van der Waals surface area contributed by atoms with E-state index in [2.05, 4.69) is 20.2 Å². The minimum Gasteiger partial charge on any atom is -0.356 e. The lowest BCUT2D eigenvalue weighted by Gasteiger charge is -2.35. The van der Waals surface area contributed by atoms with Crippen molar-refractivity contribution in [3.63, 3.8) is 0 Å². The van der Waals surface area contributed by atoms with E-state index in [0.29, 0.717) is 19.5 Å². The zero-order valence-corrected chi connectivity index (χ0v) is 18.3. The van der Waals surface area contributed by atoms with Crippen LogP contribution in [0.15, 0.2) is 53.7 Å². The lowest BCUT2D eigenvalue weighted by Crippen LogP contribution is -2.49. The Labute approximate surface area is 183 Å². The Morgan fingerprint density at radius 1 is 1.17 bits per heavy atom. The molecule has 1 aliphatic heterocycles. The van der Waals surface area contributed by atoms with Crippen LogP contribution in [-0.2, 0) is 11.3 Å². The minimum absolute atomic E-state index is 0.166. The largest absolute Gasteiger partial charge is 0.356 e. The van der Waals surface area contributed by atoms with Crippen molar-refractivity contribution in [1.82, 2.24) is 20.1 Å². The van der Waals surface area contributed by atoms with Gasteiger partial charge in [0.1, 0.15) is 5.82 Å². The van der Waals surface area contributed by atoms with Crippen LogP contribution in [0.1, 0.15) is 12.0 Å². The first-order chi connectivity index (χ1) is 14.6. The van der Waals surface area contributed by atoms with E-state index in [-0.39, 0.29) is 5.91 Å². The number of pyridine rings is 1. The topological polar surface area (TPSA) is 64.1 Å². The van der Waals surface area contributed by atoms with Gasteiger partial charge in [-0.15, -0.1) is 0 Å². The third-order valence-electron chi connectivity index (χ3n) is 5.13. The summed E-state index contributed by atoms with van der Waals surface area (Å²) >= 11 is 5.95. The number of piperazine rings is 1. The summed E-state index contributed by atoms with van der Waals surface area (Å²) in [7, 11) is 3.72. The van der Waals surface area contributed by atoms with Gasteiger partial charge >= 0.3 is 0 Å². The maximum Gasteiger partial charge on any atom is 0.224 e. The summed E-state index contributed by atoms with van der Waals surface area (Å²) in [4.78, 5) is 27.5. The molecule has 1 amide bonds. The highest BCUT2D eigenvalue weighted by Gasteiger charge is 2.21. The Bertz CT molecular complexity index is 834. The number of benzene rings is 1. The predicted molar refractivity (Wildman–Crippen MR) is 122 cm³/mol. The first-order valence-corrected chi connectivity index (χ1v) is 10.5. The van der Waals surface area contributed by atoms with Crippen LogP contribution in [0.4, 0.5) is 5.82 Å². The third-order valence-corrected chi connectivity index (χ3v) is 5.39. The smallest absolute Gasteiger partial charge is 0.224 e. The van der Waals surface area contributed by atoms with Crippen LogP contribution >= 0.6 is 11.6 Å². The van der Waals surface area contributed by atoms with Crippen LogP contribution in [0.2, 0.25) is 5.02 Å². The fraction of sp³-hybridized carbons (Fsp3) is 0.409. The highest BCUT2D eigenvalue weighted by molar-refractivity contribution is 6.30. The van der Waals surface area contributed by atoms with Crippen molar-refractivity contribution in [2.75, 3.05) is 51.7 Å². The van der Waals surface area contributed by atoms with Crippen LogP contribution in [0.25, 0.3) is 0 Å². The number of nitrogens with one attached hydrogen (secondary N) is 1. The van der Waals surface area contributed by atoms with E-state index in [1.54, 1.807) is 13.2 Å².